The number of hydrogen-bond donors (Lipinski definition) is 2. The van der Waals surface area contributed by atoms with Crippen molar-refractivity contribution in [1.29, 1.82) is 0 Å². The molecule has 2 unspecified atom stereocenters. The zero-order valence-electron chi connectivity index (χ0n) is 10.8. The molecule has 1 aromatic heterocycles. The molecule has 2 atom stereocenters. The first kappa shape index (κ1) is 13.5. The van der Waals surface area contributed by atoms with E-state index >= 15 is 0 Å². The van der Waals surface area contributed by atoms with Crippen LogP contribution in [-0.4, -0.2) is 36.5 Å². The molecule has 0 aromatic carbocycles. The SMILES string of the molecule is CC1CC(N)CN(CC(=O)NCc2cccs2)C1. The zero-order valence-corrected chi connectivity index (χ0v) is 11.6. The Labute approximate surface area is 112 Å². The Kier molecular flexibility index (Phi) is 4.74. The third-order valence-electron chi connectivity index (χ3n) is 3.17. The molecule has 0 radical (unpaired) electrons. The standard InChI is InChI=1S/C13H21N3OS/c1-10-5-11(14)8-16(7-10)9-13(17)15-6-12-3-2-4-18-12/h2-4,10-11H,5-9,14H2,1H3,(H,15,17). The fourth-order valence-corrected chi connectivity index (χ4v) is 3.14. The van der Waals surface area contributed by atoms with E-state index in [0.717, 1.165) is 19.5 Å². The molecule has 1 aromatic rings. The van der Waals surface area contributed by atoms with Crippen molar-refractivity contribution in [2.45, 2.75) is 25.9 Å². The van der Waals surface area contributed by atoms with Gasteiger partial charge in [-0.25, -0.2) is 0 Å². The highest BCUT2D eigenvalue weighted by Gasteiger charge is 2.23. The summed E-state index contributed by atoms with van der Waals surface area (Å²) in [6.07, 6.45) is 1.06. The lowest BCUT2D eigenvalue weighted by Gasteiger charge is -2.34. The van der Waals surface area contributed by atoms with E-state index < -0.39 is 0 Å². The maximum absolute atomic E-state index is 11.8. The normalized spacial score (nSPS) is 25.0. The van der Waals surface area contributed by atoms with E-state index in [4.69, 9.17) is 5.73 Å². The summed E-state index contributed by atoms with van der Waals surface area (Å²) in [5.74, 6) is 0.670. The Morgan fingerprint density at radius 2 is 2.44 bits per heavy atom. The minimum Gasteiger partial charge on any atom is -0.350 e. The number of carbonyl (C=O) groups excluding carboxylic acids is 1. The minimum atomic E-state index is 0.0877. The number of thiophene rings is 1. The maximum atomic E-state index is 11.8. The van der Waals surface area contributed by atoms with E-state index in [1.54, 1.807) is 11.3 Å². The van der Waals surface area contributed by atoms with Gasteiger partial charge in [-0.3, -0.25) is 9.69 Å². The van der Waals surface area contributed by atoms with Gasteiger partial charge >= 0.3 is 0 Å². The van der Waals surface area contributed by atoms with E-state index in [0.29, 0.717) is 19.0 Å². The molecule has 0 aliphatic carbocycles. The predicted octanol–water partition coefficient (Wildman–Crippen LogP) is 1.03. The first-order valence-corrected chi connectivity index (χ1v) is 7.28. The van der Waals surface area contributed by atoms with Crippen LogP contribution in [0.5, 0.6) is 0 Å². The number of nitrogens with zero attached hydrogens (tertiary/aromatic N) is 1. The molecule has 1 amide bonds. The summed E-state index contributed by atoms with van der Waals surface area (Å²) < 4.78 is 0. The fourth-order valence-electron chi connectivity index (χ4n) is 2.50. The van der Waals surface area contributed by atoms with E-state index in [-0.39, 0.29) is 11.9 Å². The van der Waals surface area contributed by atoms with Crippen LogP contribution in [0, 0.1) is 5.92 Å². The van der Waals surface area contributed by atoms with Gasteiger partial charge in [-0.1, -0.05) is 13.0 Å². The summed E-state index contributed by atoms with van der Waals surface area (Å²) in [6.45, 7) is 5.09. The Hall–Kier alpha value is -0.910. The highest BCUT2D eigenvalue weighted by molar-refractivity contribution is 7.09. The van der Waals surface area contributed by atoms with E-state index in [1.165, 1.54) is 4.88 Å². The van der Waals surface area contributed by atoms with Crippen LogP contribution in [0.4, 0.5) is 0 Å². The molecular formula is C13H21N3OS. The molecule has 100 valence electrons. The molecule has 4 nitrogen and oxygen atoms in total. The number of likely N-dealkylation sites (tertiary alicyclic amines) is 1. The molecule has 0 saturated carbocycles. The third-order valence-corrected chi connectivity index (χ3v) is 4.05. The van der Waals surface area contributed by atoms with Crippen LogP contribution < -0.4 is 11.1 Å². The minimum absolute atomic E-state index is 0.0877. The average Bonchev–Trinajstić information content (AvgIpc) is 2.77. The van der Waals surface area contributed by atoms with Crippen LogP contribution in [0.15, 0.2) is 17.5 Å². The molecule has 2 rings (SSSR count). The largest absolute Gasteiger partial charge is 0.350 e. The van der Waals surface area contributed by atoms with Crippen LogP contribution >= 0.6 is 11.3 Å². The number of hydrogen-bond acceptors (Lipinski definition) is 4. The van der Waals surface area contributed by atoms with Crippen molar-refractivity contribution < 1.29 is 4.79 Å². The van der Waals surface area contributed by atoms with Crippen LogP contribution in [0.1, 0.15) is 18.2 Å². The lowest BCUT2D eigenvalue weighted by Crippen LogP contribution is -2.49. The van der Waals surface area contributed by atoms with E-state index in [2.05, 4.69) is 17.1 Å². The van der Waals surface area contributed by atoms with Crippen molar-refractivity contribution in [3.05, 3.63) is 22.4 Å². The van der Waals surface area contributed by atoms with Crippen LogP contribution in [0.3, 0.4) is 0 Å². The first-order valence-electron chi connectivity index (χ1n) is 6.40. The molecule has 1 aliphatic rings. The summed E-state index contributed by atoms with van der Waals surface area (Å²) >= 11 is 1.66. The molecule has 1 fully saturated rings. The number of piperidine rings is 1. The first-order chi connectivity index (χ1) is 8.63. The van der Waals surface area contributed by atoms with Crippen molar-refractivity contribution in [1.82, 2.24) is 10.2 Å². The summed E-state index contributed by atoms with van der Waals surface area (Å²) in [5.41, 5.74) is 5.97. The molecule has 1 aliphatic heterocycles. The zero-order chi connectivity index (χ0) is 13.0. The summed E-state index contributed by atoms with van der Waals surface area (Å²) in [7, 11) is 0. The second-order valence-electron chi connectivity index (χ2n) is 5.15. The van der Waals surface area contributed by atoms with Gasteiger partial charge in [-0.05, 0) is 23.8 Å². The Bertz CT molecular complexity index is 370. The number of carbonyl (C=O) groups is 1. The Morgan fingerprint density at radius 3 is 3.11 bits per heavy atom. The van der Waals surface area contributed by atoms with Gasteiger partial charge in [0.05, 0.1) is 13.1 Å². The van der Waals surface area contributed by atoms with Crippen molar-refractivity contribution in [2.24, 2.45) is 11.7 Å². The van der Waals surface area contributed by atoms with Gasteiger partial charge in [0.1, 0.15) is 0 Å². The lowest BCUT2D eigenvalue weighted by atomic mass is 9.97. The molecular weight excluding hydrogens is 246 g/mol. The number of nitrogens with two attached hydrogens (primary N) is 1. The predicted molar refractivity (Wildman–Crippen MR) is 74.4 cm³/mol. The van der Waals surface area contributed by atoms with Gasteiger partial charge in [0.15, 0.2) is 0 Å². The molecule has 1 saturated heterocycles. The maximum Gasteiger partial charge on any atom is 0.234 e. The monoisotopic (exact) mass is 267 g/mol. The molecule has 0 bridgehead atoms. The highest BCUT2D eigenvalue weighted by atomic mass is 32.1. The van der Waals surface area contributed by atoms with Gasteiger partial charge in [0.25, 0.3) is 0 Å². The number of rotatable bonds is 4. The summed E-state index contributed by atoms with van der Waals surface area (Å²) in [6, 6.07) is 4.24. The van der Waals surface area contributed by atoms with Crippen LogP contribution in [-0.2, 0) is 11.3 Å². The fraction of sp³-hybridized carbons (Fsp3) is 0.615. The van der Waals surface area contributed by atoms with Gasteiger partial charge in [0.2, 0.25) is 5.91 Å². The average molecular weight is 267 g/mol. The van der Waals surface area contributed by atoms with Crippen molar-refractivity contribution in [2.75, 3.05) is 19.6 Å². The Balaban J connectivity index is 1.73. The van der Waals surface area contributed by atoms with E-state index in [1.807, 2.05) is 17.5 Å². The molecule has 18 heavy (non-hydrogen) atoms. The summed E-state index contributed by atoms with van der Waals surface area (Å²) in [5, 5.41) is 4.97. The highest BCUT2D eigenvalue weighted by Crippen LogP contribution is 2.14. The molecule has 3 N–H and O–H groups in total. The van der Waals surface area contributed by atoms with Crippen LogP contribution in [0.2, 0.25) is 0 Å². The van der Waals surface area contributed by atoms with Crippen molar-refractivity contribution in [3.8, 4) is 0 Å². The Morgan fingerprint density at radius 1 is 1.61 bits per heavy atom. The second kappa shape index (κ2) is 6.31. The molecule has 2 heterocycles. The number of amides is 1. The second-order valence-corrected chi connectivity index (χ2v) is 6.18. The quantitative estimate of drug-likeness (QED) is 0.857. The summed E-state index contributed by atoms with van der Waals surface area (Å²) in [4.78, 5) is 15.2. The van der Waals surface area contributed by atoms with Crippen molar-refractivity contribution >= 4 is 17.2 Å². The number of nitrogens with one attached hydrogen (secondary N) is 1. The lowest BCUT2D eigenvalue weighted by molar-refractivity contribution is -0.122. The molecule has 5 heteroatoms. The molecule has 0 spiro atoms. The van der Waals surface area contributed by atoms with Crippen molar-refractivity contribution in [3.63, 3.8) is 0 Å². The topological polar surface area (TPSA) is 58.4 Å². The van der Waals surface area contributed by atoms with E-state index in [9.17, 15) is 4.79 Å². The van der Waals surface area contributed by atoms with Gasteiger partial charge < -0.3 is 11.1 Å². The third kappa shape index (κ3) is 4.08. The van der Waals surface area contributed by atoms with Crippen LogP contribution in [0.25, 0.3) is 0 Å². The van der Waals surface area contributed by atoms with Gasteiger partial charge in [-0.2, -0.15) is 0 Å². The smallest absolute Gasteiger partial charge is 0.234 e. The van der Waals surface area contributed by atoms with Gasteiger partial charge in [0, 0.05) is 24.0 Å². The van der Waals surface area contributed by atoms with Gasteiger partial charge in [-0.15, -0.1) is 11.3 Å².